The van der Waals surface area contributed by atoms with Crippen molar-refractivity contribution in [3.05, 3.63) is 29.8 Å². The van der Waals surface area contributed by atoms with Crippen molar-refractivity contribution in [2.45, 2.75) is 37.6 Å². The first-order chi connectivity index (χ1) is 11.9. The van der Waals surface area contributed by atoms with Gasteiger partial charge >= 0.3 is 5.97 Å². The average molecular weight is 364 g/mol. The molecule has 1 fully saturated rings. The smallest absolute Gasteiger partial charge is 0.306 e. The molecule has 0 radical (unpaired) electrons. The number of benzene rings is 1. The standard InChI is InChI=1S/C18H24N2O4S/c1-12(2)19-16(21)11-25-15-6-4-3-5-14(15)17(22)20-9-7-13(8-10-20)18(23)24/h3-6,12-13H,7-11H2,1-2H3,(H,19,21)(H,23,24). The fraction of sp³-hybridized carbons (Fsp3) is 0.500. The van der Waals surface area contributed by atoms with Crippen LogP contribution in [-0.2, 0) is 9.59 Å². The highest BCUT2D eigenvalue weighted by Gasteiger charge is 2.28. The quantitative estimate of drug-likeness (QED) is 0.756. The number of hydrogen-bond donors (Lipinski definition) is 2. The summed E-state index contributed by atoms with van der Waals surface area (Å²) >= 11 is 1.34. The zero-order valence-corrected chi connectivity index (χ0v) is 15.3. The molecule has 2 N–H and O–H groups in total. The number of amides is 2. The first-order valence-corrected chi connectivity index (χ1v) is 9.40. The van der Waals surface area contributed by atoms with Crippen LogP contribution < -0.4 is 5.32 Å². The van der Waals surface area contributed by atoms with Crippen LogP contribution >= 0.6 is 11.8 Å². The van der Waals surface area contributed by atoms with E-state index >= 15 is 0 Å². The van der Waals surface area contributed by atoms with Gasteiger partial charge in [-0.25, -0.2) is 0 Å². The van der Waals surface area contributed by atoms with E-state index in [1.54, 1.807) is 17.0 Å². The topological polar surface area (TPSA) is 86.7 Å². The van der Waals surface area contributed by atoms with Gasteiger partial charge in [0.2, 0.25) is 5.91 Å². The summed E-state index contributed by atoms with van der Waals surface area (Å²) in [5.74, 6) is -1.07. The van der Waals surface area contributed by atoms with Gasteiger partial charge in [0.15, 0.2) is 0 Å². The highest BCUT2D eigenvalue weighted by atomic mass is 32.2. The number of nitrogens with one attached hydrogen (secondary N) is 1. The maximum absolute atomic E-state index is 12.8. The molecule has 0 atom stereocenters. The number of hydrogen-bond acceptors (Lipinski definition) is 4. The summed E-state index contributed by atoms with van der Waals surface area (Å²) in [5, 5.41) is 11.9. The SMILES string of the molecule is CC(C)NC(=O)CSc1ccccc1C(=O)N1CCC(C(=O)O)CC1. The van der Waals surface area contributed by atoms with E-state index in [4.69, 9.17) is 5.11 Å². The van der Waals surface area contributed by atoms with E-state index in [-0.39, 0.29) is 29.5 Å². The Morgan fingerprint density at radius 2 is 1.88 bits per heavy atom. The summed E-state index contributed by atoms with van der Waals surface area (Å²) in [6.45, 7) is 4.70. The molecule has 136 valence electrons. The highest BCUT2D eigenvalue weighted by Crippen LogP contribution is 2.26. The van der Waals surface area contributed by atoms with E-state index in [2.05, 4.69) is 5.32 Å². The number of aliphatic carboxylic acids is 1. The molecule has 6 nitrogen and oxygen atoms in total. The predicted molar refractivity (Wildman–Crippen MR) is 96.7 cm³/mol. The molecule has 1 saturated heterocycles. The van der Waals surface area contributed by atoms with Gasteiger partial charge in [-0.2, -0.15) is 0 Å². The summed E-state index contributed by atoms with van der Waals surface area (Å²) in [7, 11) is 0. The van der Waals surface area contributed by atoms with Crippen LogP contribution in [0.1, 0.15) is 37.0 Å². The van der Waals surface area contributed by atoms with Crippen LogP contribution in [0.15, 0.2) is 29.2 Å². The lowest BCUT2D eigenvalue weighted by Gasteiger charge is -2.30. The molecule has 0 spiro atoms. The van der Waals surface area contributed by atoms with Gasteiger partial charge in [0, 0.05) is 24.0 Å². The number of thioether (sulfide) groups is 1. The molecule has 1 heterocycles. The Bertz CT molecular complexity index is 640. The number of nitrogens with zero attached hydrogens (tertiary/aromatic N) is 1. The number of carbonyl (C=O) groups is 3. The minimum atomic E-state index is -0.792. The molecular formula is C18H24N2O4S. The summed E-state index contributed by atoms with van der Waals surface area (Å²) < 4.78 is 0. The Morgan fingerprint density at radius 1 is 1.24 bits per heavy atom. The molecule has 1 aromatic rings. The third-order valence-electron chi connectivity index (χ3n) is 4.06. The Kier molecular flexibility index (Phi) is 6.87. The third-order valence-corrected chi connectivity index (χ3v) is 5.13. The minimum absolute atomic E-state index is 0.0653. The van der Waals surface area contributed by atoms with Gasteiger partial charge in [0.25, 0.3) is 5.91 Å². The number of piperidine rings is 1. The molecule has 0 saturated carbocycles. The van der Waals surface area contributed by atoms with Crippen molar-refractivity contribution in [3.8, 4) is 0 Å². The second-order valence-electron chi connectivity index (χ2n) is 6.41. The lowest BCUT2D eigenvalue weighted by Crippen LogP contribution is -2.40. The summed E-state index contributed by atoms with van der Waals surface area (Å²) in [6.07, 6.45) is 0.959. The summed E-state index contributed by atoms with van der Waals surface area (Å²) in [4.78, 5) is 38.1. The lowest BCUT2D eigenvalue weighted by molar-refractivity contribution is -0.143. The van der Waals surface area contributed by atoms with E-state index in [0.29, 0.717) is 31.5 Å². The fourth-order valence-corrected chi connectivity index (χ4v) is 3.63. The average Bonchev–Trinajstić information content (AvgIpc) is 2.59. The van der Waals surface area contributed by atoms with Crippen molar-refractivity contribution in [2.24, 2.45) is 5.92 Å². The first-order valence-electron chi connectivity index (χ1n) is 8.41. The van der Waals surface area contributed by atoms with Crippen LogP contribution in [0.4, 0.5) is 0 Å². The fourth-order valence-electron chi connectivity index (χ4n) is 2.78. The molecule has 7 heteroatoms. The lowest BCUT2D eigenvalue weighted by atomic mass is 9.96. The molecule has 0 bridgehead atoms. The number of carboxylic acid groups (broad SMARTS) is 1. The molecule has 0 aromatic heterocycles. The van der Waals surface area contributed by atoms with Gasteiger partial charge in [-0.1, -0.05) is 12.1 Å². The Hall–Kier alpha value is -2.02. The van der Waals surface area contributed by atoms with Gasteiger partial charge in [0.1, 0.15) is 0 Å². The van der Waals surface area contributed by atoms with Crippen LogP contribution in [0.2, 0.25) is 0 Å². The monoisotopic (exact) mass is 364 g/mol. The molecule has 1 aromatic carbocycles. The van der Waals surface area contributed by atoms with Crippen molar-refractivity contribution in [1.29, 1.82) is 0 Å². The van der Waals surface area contributed by atoms with Gasteiger partial charge in [-0.05, 0) is 38.8 Å². The van der Waals surface area contributed by atoms with Gasteiger partial charge in [0.05, 0.1) is 17.2 Å². The van der Waals surface area contributed by atoms with Gasteiger partial charge in [-0.15, -0.1) is 11.8 Å². The van der Waals surface area contributed by atoms with Crippen LogP contribution in [0.25, 0.3) is 0 Å². The molecule has 0 aliphatic carbocycles. The van der Waals surface area contributed by atoms with Crippen molar-refractivity contribution < 1.29 is 19.5 Å². The normalized spacial score (nSPS) is 15.2. The predicted octanol–water partition coefficient (Wildman–Crippen LogP) is 2.24. The van der Waals surface area contributed by atoms with E-state index in [1.165, 1.54) is 11.8 Å². The molecule has 1 aliphatic rings. The third kappa shape index (κ3) is 5.49. The minimum Gasteiger partial charge on any atom is -0.481 e. The maximum atomic E-state index is 12.8. The molecule has 1 aliphatic heterocycles. The second-order valence-corrected chi connectivity index (χ2v) is 7.43. The maximum Gasteiger partial charge on any atom is 0.306 e. The van der Waals surface area contributed by atoms with Crippen LogP contribution in [0.5, 0.6) is 0 Å². The van der Waals surface area contributed by atoms with E-state index in [0.717, 1.165) is 4.90 Å². The van der Waals surface area contributed by atoms with Crippen LogP contribution in [0.3, 0.4) is 0 Å². The van der Waals surface area contributed by atoms with Crippen molar-refractivity contribution in [1.82, 2.24) is 10.2 Å². The van der Waals surface area contributed by atoms with Crippen LogP contribution in [-0.4, -0.2) is 52.7 Å². The largest absolute Gasteiger partial charge is 0.481 e. The van der Waals surface area contributed by atoms with Crippen LogP contribution in [0, 0.1) is 5.92 Å². The Labute approximate surface area is 152 Å². The molecular weight excluding hydrogens is 340 g/mol. The molecule has 25 heavy (non-hydrogen) atoms. The molecule has 2 amide bonds. The van der Waals surface area contributed by atoms with Crippen molar-refractivity contribution in [3.63, 3.8) is 0 Å². The molecule has 0 unspecified atom stereocenters. The number of rotatable bonds is 6. The Morgan fingerprint density at radius 3 is 2.48 bits per heavy atom. The number of likely N-dealkylation sites (tertiary alicyclic amines) is 1. The van der Waals surface area contributed by atoms with E-state index in [1.807, 2.05) is 26.0 Å². The first kappa shape index (κ1) is 19.3. The zero-order chi connectivity index (χ0) is 18.4. The van der Waals surface area contributed by atoms with Crippen molar-refractivity contribution >= 4 is 29.5 Å². The Balaban J connectivity index is 2.01. The zero-order valence-electron chi connectivity index (χ0n) is 14.5. The molecule has 2 rings (SSSR count). The second kappa shape index (κ2) is 8.89. The van der Waals surface area contributed by atoms with E-state index in [9.17, 15) is 14.4 Å². The highest BCUT2D eigenvalue weighted by molar-refractivity contribution is 8.00. The summed E-state index contributed by atoms with van der Waals surface area (Å²) in [5.41, 5.74) is 0.568. The van der Waals surface area contributed by atoms with Gasteiger partial charge < -0.3 is 15.3 Å². The number of carbonyl (C=O) groups excluding carboxylic acids is 2. The summed E-state index contributed by atoms with van der Waals surface area (Å²) in [6, 6.07) is 7.32. The number of carboxylic acids is 1. The van der Waals surface area contributed by atoms with Crippen molar-refractivity contribution in [2.75, 3.05) is 18.8 Å². The van der Waals surface area contributed by atoms with E-state index < -0.39 is 5.97 Å². The van der Waals surface area contributed by atoms with Gasteiger partial charge in [-0.3, -0.25) is 14.4 Å².